The molecule has 5 nitrogen and oxygen atoms in total. The van der Waals surface area contributed by atoms with E-state index in [4.69, 9.17) is 27.9 Å². The fourth-order valence-corrected chi connectivity index (χ4v) is 5.36. The van der Waals surface area contributed by atoms with Crippen LogP contribution in [0.2, 0.25) is 10.0 Å². The molecule has 0 radical (unpaired) electrons. The molecule has 4 rings (SSSR count). The van der Waals surface area contributed by atoms with E-state index in [1.807, 2.05) is 0 Å². The third kappa shape index (κ3) is 4.76. The van der Waals surface area contributed by atoms with E-state index in [-0.39, 0.29) is 39.0 Å². The van der Waals surface area contributed by atoms with Crippen LogP contribution in [0.1, 0.15) is 27.6 Å². The summed E-state index contributed by atoms with van der Waals surface area (Å²) < 4.78 is 44.7. The number of amides is 1. The maximum absolute atomic E-state index is 13.2. The summed E-state index contributed by atoms with van der Waals surface area (Å²) in [6.07, 6.45) is -4.57. The van der Waals surface area contributed by atoms with Crippen LogP contribution in [0.15, 0.2) is 59.5 Å². The summed E-state index contributed by atoms with van der Waals surface area (Å²) in [4.78, 5) is 27.8. The number of nitrogens with zero attached hydrogens (tertiary/aromatic N) is 1. The van der Waals surface area contributed by atoms with Crippen molar-refractivity contribution in [2.45, 2.75) is 18.8 Å². The number of aliphatic hydroxyl groups excluding tert-OH is 1. The van der Waals surface area contributed by atoms with Crippen LogP contribution in [-0.2, 0) is 22.3 Å². The molecular weight excluding hydrogens is 526 g/mol. The van der Waals surface area contributed by atoms with E-state index < -0.39 is 35.2 Å². The predicted molar refractivity (Wildman–Crippen MR) is 127 cm³/mol. The van der Waals surface area contributed by atoms with Crippen LogP contribution in [0.25, 0.3) is 5.76 Å². The van der Waals surface area contributed by atoms with Crippen molar-refractivity contribution in [3.05, 3.63) is 91.1 Å². The Labute approximate surface area is 212 Å². The second kappa shape index (κ2) is 9.56. The van der Waals surface area contributed by atoms with Gasteiger partial charge in [0.2, 0.25) is 0 Å². The molecule has 11 heteroatoms. The maximum atomic E-state index is 13.2. The number of halogens is 5. The topological polar surface area (TPSA) is 66.8 Å². The lowest BCUT2D eigenvalue weighted by molar-refractivity contribution is -0.140. The largest absolute Gasteiger partial charge is 0.507 e. The number of benzene rings is 2. The molecule has 1 atom stereocenters. The van der Waals surface area contributed by atoms with Crippen molar-refractivity contribution in [3.8, 4) is 5.75 Å². The Kier molecular flexibility index (Phi) is 6.86. The summed E-state index contributed by atoms with van der Waals surface area (Å²) >= 11 is 13.6. The van der Waals surface area contributed by atoms with Gasteiger partial charge in [0.25, 0.3) is 11.7 Å². The summed E-state index contributed by atoms with van der Waals surface area (Å²) in [5.41, 5.74) is -0.832. The third-order valence-electron chi connectivity index (χ3n) is 5.44. The first-order valence-corrected chi connectivity index (χ1v) is 11.7. The van der Waals surface area contributed by atoms with E-state index in [1.165, 1.54) is 42.7 Å². The van der Waals surface area contributed by atoms with Crippen LogP contribution in [0.5, 0.6) is 5.75 Å². The van der Waals surface area contributed by atoms with Crippen LogP contribution in [0.4, 0.5) is 13.2 Å². The quantitative estimate of drug-likeness (QED) is 0.221. The van der Waals surface area contributed by atoms with E-state index >= 15 is 0 Å². The Balaban J connectivity index is 1.83. The summed E-state index contributed by atoms with van der Waals surface area (Å²) in [5.74, 6) is -2.27. The van der Waals surface area contributed by atoms with Gasteiger partial charge in [-0.05, 0) is 41.3 Å². The predicted octanol–water partition coefficient (Wildman–Crippen LogP) is 6.70. The third-order valence-corrected chi connectivity index (χ3v) is 6.92. The highest BCUT2D eigenvalue weighted by Crippen LogP contribution is 2.44. The lowest BCUT2D eigenvalue weighted by atomic mass is 9.99. The molecule has 1 aliphatic rings. The number of carbonyl (C=O) groups excluding carboxylic acids is 2. The number of Topliss-reactive ketones (excluding diaryl/α,β-unsaturated/α-hetero) is 1. The number of aliphatic hydroxyl groups is 1. The zero-order chi connectivity index (χ0) is 25.5. The van der Waals surface area contributed by atoms with Gasteiger partial charge in [0.05, 0.1) is 34.3 Å². The van der Waals surface area contributed by atoms with Crippen molar-refractivity contribution in [2.75, 3.05) is 7.11 Å². The lowest BCUT2D eigenvalue weighted by Crippen LogP contribution is -2.29. The zero-order valence-corrected chi connectivity index (χ0v) is 20.2. The molecule has 1 saturated heterocycles. The van der Waals surface area contributed by atoms with Gasteiger partial charge in [0.15, 0.2) is 5.75 Å². The van der Waals surface area contributed by atoms with Crippen molar-refractivity contribution in [1.29, 1.82) is 0 Å². The van der Waals surface area contributed by atoms with Crippen molar-refractivity contribution in [3.63, 3.8) is 0 Å². The Bertz CT molecular complexity index is 1320. The van der Waals surface area contributed by atoms with Crippen molar-refractivity contribution in [2.24, 2.45) is 0 Å². The standard InChI is InChI=1S/C24H16Cl2F3NO4S/c1-34-22-15(25)9-13(10-16(22)26)20(31)18-19(17-6-3-7-35-17)30(23(33)21(18)32)11-12-4-2-5-14(8-12)24(27,28)29/h2-10,19,31H,11H2,1H3/b20-18-. The number of carbonyl (C=O) groups is 2. The summed E-state index contributed by atoms with van der Waals surface area (Å²) in [6.45, 7) is -0.280. The average molecular weight is 542 g/mol. The monoisotopic (exact) mass is 541 g/mol. The molecule has 0 aliphatic carbocycles. The van der Waals surface area contributed by atoms with Crippen LogP contribution >= 0.6 is 34.5 Å². The van der Waals surface area contributed by atoms with Gasteiger partial charge in [-0.2, -0.15) is 13.2 Å². The summed E-state index contributed by atoms with van der Waals surface area (Å²) in [7, 11) is 1.36. The Morgan fingerprint density at radius 2 is 1.80 bits per heavy atom. The molecule has 2 aromatic carbocycles. The van der Waals surface area contributed by atoms with Gasteiger partial charge in [-0.1, -0.05) is 41.4 Å². The van der Waals surface area contributed by atoms with E-state index in [0.717, 1.165) is 17.0 Å². The molecule has 2 heterocycles. The minimum Gasteiger partial charge on any atom is -0.507 e. The van der Waals surface area contributed by atoms with Gasteiger partial charge >= 0.3 is 6.18 Å². The Morgan fingerprint density at radius 3 is 2.37 bits per heavy atom. The van der Waals surface area contributed by atoms with Gasteiger partial charge in [-0.25, -0.2) is 0 Å². The average Bonchev–Trinajstić information content (AvgIpc) is 3.41. The molecule has 1 amide bonds. The molecule has 1 unspecified atom stereocenters. The summed E-state index contributed by atoms with van der Waals surface area (Å²) in [6, 6.07) is 9.54. The van der Waals surface area contributed by atoms with Gasteiger partial charge in [-0.3, -0.25) is 9.59 Å². The molecule has 0 saturated carbocycles. The van der Waals surface area contributed by atoms with Gasteiger partial charge in [0.1, 0.15) is 5.76 Å². The first-order valence-electron chi connectivity index (χ1n) is 10.0. The van der Waals surface area contributed by atoms with Crippen molar-refractivity contribution >= 4 is 52.0 Å². The highest BCUT2D eigenvalue weighted by atomic mass is 35.5. The van der Waals surface area contributed by atoms with E-state index in [0.29, 0.717) is 4.88 Å². The lowest BCUT2D eigenvalue weighted by Gasteiger charge is -2.24. The van der Waals surface area contributed by atoms with Gasteiger partial charge < -0.3 is 14.7 Å². The van der Waals surface area contributed by atoms with Crippen LogP contribution in [0, 0.1) is 0 Å². The number of likely N-dealkylation sites (tertiary alicyclic amines) is 1. The smallest absolute Gasteiger partial charge is 0.416 e. The fraction of sp³-hybridized carbons (Fsp3) is 0.167. The van der Waals surface area contributed by atoms with E-state index in [1.54, 1.807) is 17.5 Å². The van der Waals surface area contributed by atoms with Crippen LogP contribution < -0.4 is 4.74 Å². The molecule has 0 spiro atoms. The second-order valence-corrected chi connectivity index (χ2v) is 9.41. The van der Waals surface area contributed by atoms with Crippen molar-refractivity contribution in [1.82, 2.24) is 4.90 Å². The van der Waals surface area contributed by atoms with E-state index in [9.17, 15) is 27.9 Å². The zero-order valence-electron chi connectivity index (χ0n) is 17.9. The molecule has 3 aromatic rings. The molecular formula is C24H16Cl2F3NO4S. The Morgan fingerprint density at radius 1 is 1.11 bits per heavy atom. The first kappa shape index (κ1) is 25.1. The normalized spacial score (nSPS) is 17.8. The SMILES string of the molecule is COc1c(Cl)cc(/C(O)=C2/C(=O)C(=O)N(Cc3cccc(C(F)(F)F)c3)C2c2cccs2)cc1Cl. The van der Waals surface area contributed by atoms with Crippen LogP contribution in [-0.4, -0.2) is 28.8 Å². The van der Waals surface area contributed by atoms with Gasteiger partial charge in [-0.15, -0.1) is 11.3 Å². The van der Waals surface area contributed by atoms with E-state index in [2.05, 4.69) is 0 Å². The highest BCUT2D eigenvalue weighted by Gasteiger charge is 2.46. The number of hydrogen-bond donors (Lipinski definition) is 1. The number of ketones is 1. The summed E-state index contributed by atoms with van der Waals surface area (Å²) in [5, 5.41) is 13.0. The Hall–Kier alpha value is -3.01. The molecule has 0 bridgehead atoms. The minimum atomic E-state index is -4.57. The van der Waals surface area contributed by atoms with Gasteiger partial charge in [0, 0.05) is 17.0 Å². The second-order valence-electron chi connectivity index (χ2n) is 7.61. The molecule has 1 N–H and O–H groups in total. The number of thiophene rings is 1. The maximum Gasteiger partial charge on any atom is 0.416 e. The molecule has 1 aromatic heterocycles. The first-order chi connectivity index (χ1) is 16.5. The number of ether oxygens (including phenoxy) is 1. The fourth-order valence-electron chi connectivity index (χ4n) is 3.88. The molecule has 1 aliphatic heterocycles. The minimum absolute atomic E-state index is 0.0763. The molecule has 182 valence electrons. The number of hydrogen-bond acceptors (Lipinski definition) is 5. The highest BCUT2D eigenvalue weighted by molar-refractivity contribution is 7.10. The number of alkyl halides is 3. The number of methoxy groups -OCH3 is 1. The van der Waals surface area contributed by atoms with Crippen LogP contribution in [0.3, 0.4) is 0 Å². The molecule has 1 fully saturated rings. The number of rotatable bonds is 5. The van der Waals surface area contributed by atoms with Crippen molar-refractivity contribution < 1.29 is 32.6 Å². The molecule has 35 heavy (non-hydrogen) atoms.